The van der Waals surface area contributed by atoms with Crippen LogP contribution < -0.4 is 19.5 Å². The second kappa shape index (κ2) is 10.1. The molecule has 0 aromatic heterocycles. The minimum absolute atomic E-state index is 0.0946. The summed E-state index contributed by atoms with van der Waals surface area (Å²) in [4.78, 5) is 12.7. The number of halogens is 1. The first-order chi connectivity index (χ1) is 16.0. The molecule has 3 N–H and O–H groups in total. The molecule has 172 valence electrons. The number of hydrogen-bond acceptors (Lipinski definition) is 7. The normalized spacial score (nSPS) is 13.8. The van der Waals surface area contributed by atoms with E-state index in [0.29, 0.717) is 22.9 Å². The third-order valence-electron chi connectivity index (χ3n) is 4.94. The zero-order valence-corrected chi connectivity index (χ0v) is 17.4. The Kier molecular flexibility index (Phi) is 6.80. The average molecular weight is 455 g/mol. The van der Waals surface area contributed by atoms with Crippen LogP contribution in [0.1, 0.15) is 18.1 Å². The van der Waals surface area contributed by atoms with E-state index in [2.05, 4.69) is 5.32 Å². The van der Waals surface area contributed by atoms with Crippen molar-refractivity contribution in [1.82, 2.24) is 0 Å². The lowest BCUT2D eigenvalue weighted by Gasteiger charge is -2.28. The van der Waals surface area contributed by atoms with Gasteiger partial charge in [-0.05, 0) is 42.0 Å². The summed E-state index contributed by atoms with van der Waals surface area (Å²) >= 11 is 0. The molecular weight excluding hydrogens is 433 g/mol. The fraction of sp³-hybridized carbons (Fsp3) is 0.208. The van der Waals surface area contributed by atoms with Crippen LogP contribution in [-0.2, 0) is 4.74 Å². The number of aliphatic hydroxyl groups is 1. The van der Waals surface area contributed by atoms with Crippen LogP contribution >= 0.6 is 0 Å². The molecule has 0 saturated heterocycles. The lowest BCUT2D eigenvalue weighted by molar-refractivity contribution is 0.00892. The Morgan fingerprint density at radius 1 is 1.06 bits per heavy atom. The number of rotatable bonds is 8. The molecule has 2 atom stereocenters. The number of aromatic hydroxyl groups is 1. The van der Waals surface area contributed by atoms with E-state index in [1.165, 1.54) is 6.07 Å². The van der Waals surface area contributed by atoms with E-state index in [0.717, 1.165) is 12.1 Å². The van der Waals surface area contributed by atoms with E-state index >= 15 is 0 Å². The Labute approximate surface area is 189 Å². The molecule has 0 saturated carbocycles. The predicted octanol–water partition coefficient (Wildman–Crippen LogP) is 4.38. The van der Waals surface area contributed by atoms with Crippen molar-refractivity contribution in [3.05, 3.63) is 78.1 Å². The number of phenolic OH excluding ortho intramolecular Hbond substituents is 1. The molecular formula is C24H22FNO7. The summed E-state index contributed by atoms with van der Waals surface area (Å²) in [5.41, 5.74) is 0.656. The van der Waals surface area contributed by atoms with Crippen LogP contribution in [0.4, 0.5) is 14.9 Å². The minimum atomic E-state index is -1.10. The van der Waals surface area contributed by atoms with Gasteiger partial charge in [0, 0.05) is 24.8 Å². The number of benzene rings is 3. The van der Waals surface area contributed by atoms with Gasteiger partial charge < -0.3 is 29.2 Å². The van der Waals surface area contributed by atoms with Gasteiger partial charge in [0.25, 0.3) is 0 Å². The van der Waals surface area contributed by atoms with Crippen molar-refractivity contribution in [3.8, 4) is 23.0 Å². The Morgan fingerprint density at radius 2 is 1.85 bits per heavy atom. The fourth-order valence-electron chi connectivity index (χ4n) is 3.37. The molecule has 1 amide bonds. The number of aliphatic hydroxyl groups excluding tert-OH is 1. The van der Waals surface area contributed by atoms with Crippen molar-refractivity contribution in [1.29, 1.82) is 0 Å². The van der Waals surface area contributed by atoms with Crippen LogP contribution in [0, 0.1) is 5.82 Å². The first-order valence-electron chi connectivity index (χ1n) is 10.2. The largest absolute Gasteiger partial charge is 0.505 e. The quantitative estimate of drug-likeness (QED) is 0.463. The second-order valence-corrected chi connectivity index (χ2v) is 7.21. The highest BCUT2D eigenvalue weighted by atomic mass is 19.1. The zero-order chi connectivity index (χ0) is 23.2. The van der Waals surface area contributed by atoms with E-state index in [4.69, 9.17) is 18.9 Å². The first kappa shape index (κ1) is 22.2. The van der Waals surface area contributed by atoms with Crippen molar-refractivity contribution in [3.63, 3.8) is 0 Å². The maximum atomic E-state index is 14.1. The van der Waals surface area contributed by atoms with Gasteiger partial charge in [-0.15, -0.1) is 0 Å². The standard InChI is InChI=1S/C24H22FNO7/c25-18-12-15(6-8-19(18)28)23(21(10-11-27)32-17-4-2-1-3-5-17)33-24(29)26-16-7-9-20-22(13-16)31-14-30-20/h1-9,12-13,21,23,27-28H,10-11,14H2,(H,26,29)/t21-,23-/m1/s1. The monoisotopic (exact) mass is 455 g/mol. The molecule has 0 aliphatic carbocycles. The number of carbonyl (C=O) groups excluding carboxylic acids is 1. The van der Waals surface area contributed by atoms with Crippen molar-refractivity contribution in [2.24, 2.45) is 0 Å². The highest BCUT2D eigenvalue weighted by Gasteiger charge is 2.30. The highest BCUT2D eigenvalue weighted by Crippen LogP contribution is 2.35. The van der Waals surface area contributed by atoms with E-state index in [1.54, 1.807) is 42.5 Å². The van der Waals surface area contributed by atoms with Crippen molar-refractivity contribution >= 4 is 11.8 Å². The zero-order valence-electron chi connectivity index (χ0n) is 17.4. The molecule has 0 fully saturated rings. The lowest BCUT2D eigenvalue weighted by Crippen LogP contribution is -2.31. The SMILES string of the molecule is O=C(Nc1ccc2c(c1)OCO2)O[C@H](c1ccc(O)c(F)c1)[C@@H](CCO)Oc1ccccc1. The highest BCUT2D eigenvalue weighted by molar-refractivity contribution is 5.85. The van der Waals surface area contributed by atoms with Crippen molar-refractivity contribution < 1.29 is 38.3 Å². The van der Waals surface area contributed by atoms with Gasteiger partial charge in [-0.25, -0.2) is 9.18 Å². The summed E-state index contributed by atoms with van der Waals surface area (Å²) in [6.07, 6.45) is -2.67. The van der Waals surface area contributed by atoms with Gasteiger partial charge >= 0.3 is 6.09 Å². The Morgan fingerprint density at radius 3 is 2.61 bits per heavy atom. The number of amides is 1. The molecule has 0 bridgehead atoms. The Bertz CT molecular complexity index is 1110. The second-order valence-electron chi connectivity index (χ2n) is 7.21. The molecule has 0 spiro atoms. The van der Waals surface area contributed by atoms with Gasteiger partial charge in [0.05, 0.1) is 0 Å². The molecule has 0 radical (unpaired) electrons. The summed E-state index contributed by atoms with van der Waals surface area (Å²) in [6.45, 7) is -0.168. The number of ether oxygens (including phenoxy) is 4. The number of carbonyl (C=O) groups is 1. The minimum Gasteiger partial charge on any atom is -0.505 e. The molecule has 33 heavy (non-hydrogen) atoms. The molecule has 0 unspecified atom stereocenters. The Balaban J connectivity index is 1.58. The van der Waals surface area contributed by atoms with Crippen molar-refractivity contribution in [2.75, 3.05) is 18.7 Å². The topological polar surface area (TPSA) is 106 Å². The van der Waals surface area contributed by atoms with E-state index < -0.39 is 29.9 Å². The van der Waals surface area contributed by atoms with Crippen LogP contribution in [-0.4, -0.2) is 35.8 Å². The molecule has 1 aliphatic rings. The van der Waals surface area contributed by atoms with Crippen LogP contribution in [0.2, 0.25) is 0 Å². The number of anilines is 1. The van der Waals surface area contributed by atoms with Crippen LogP contribution in [0.15, 0.2) is 66.7 Å². The molecule has 3 aromatic carbocycles. The number of phenols is 1. The van der Waals surface area contributed by atoms with Crippen LogP contribution in [0.25, 0.3) is 0 Å². The summed E-state index contributed by atoms with van der Waals surface area (Å²) < 4.78 is 36.3. The predicted molar refractivity (Wildman–Crippen MR) is 116 cm³/mol. The van der Waals surface area contributed by atoms with Gasteiger partial charge in [0.15, 0.2) is 29.2 Å². The van der Waals surface area contributed by atoms with Gasteiger partial charge in [-0.2, -0.15) is 0 Å². The molecule has 8 nitrogen and oxygen atoms in total. The molecule has 3 aromatic rings. The first-order valence-corrected chi connectivity index (χ1v) is 10.2. The van der Waals surface area contributed by atoms with Gasteiger partial charge in [-0.3, -0.25) is 5.32 Å². The number of nitrogens with one attached hydrogen (secondary N) is 1. The molecule has 4 rings (SSSR count). The fourth-order valence-corrected chi connectivity index (χ4v) is 3.37. The lowest BCUT2D eigenvalue weighted by atomic mass is 10.0. The van der Waals surface area contributed by atoms with E-state index in [-0.39, 0.29) is 25.4 Å². The summed E-state index contributed by atoms with van der Waals surface area (Å²) in [7, 11) is 0. The molecule has 1 heterocycles. The molecule has 1 aliphatic heterocycles. The van der Waals surface area contributed by atoms with Gasteiger partial charge in [0.1, 0.15) is 11.9 Å². The smallest absolute Gasteiger partial charge is 0.412 e. The van der Waals surface area contributed by atoms with Crippen molar-refractivity contribution in [2.45, 2.75) is 18.6 Å². The average Bonchev–Trinajstić information content (AvgIpc) is 3.28. The van der Waals surface area contributed by atoms with Crippen LogP contribution in [0.5, 0.6) is 23.0 Å². The maximum Gasteiger partial charge on any atom is 0.412 e. The molecule has 9 heteroatoms. The van der Waals surface area contributed by atoms with Crippen LogP contribution in [0.3, 0.4) is 0 Å². The van der Waals surface area contributed by atoms with E-state index in [9.17, 15) is 19.4 Å². The number of hydrogen-bond donors (Lipinski definition) is 3. The third-order valence-corrected chi connectivity index (χ3v) is 4.94. The number of para-hydroxylation sites is 1. The third kappa shape index (κ3) is 5.45. The van der Waals surface area contributed by atoms with Gasteiger partial charge in [0.2, 0.25) is 6.79 Å². The summed E-state index contributed by atoms with van der Waals surface area (Å²) in [5.74, 6) is 0.117. The summed E-state index contributed by atoms with van der Waals surface area (Å²) in [6, 6.07) is 17.3. The summed E-state index contributed by atoms with van der Waals surface area (Å²) in [5, 5.41) is 21.8. The van der Waals surface area contributed by atoms with E-state index in [1.807, 2.05) is 6.07 Å². The number of fused-ring (bicyclic) bond motifs is 1. The maximum absolute atomic E-state index is 14.1. The Hall–Kier alpha value is -3.98. The van der Waals surface area contributed by atoms with Gasteiger partial charge in [-0.1, -0.05) is 24.3 Å².